The van der Waals surface area contributed by atoms with Gasteiger partial charge < -0.3 is 10.4 Å². The van der Waals surface area contributed by atoms with E-state index in [1.807, 2.05) is 18.2 Å². The van der Waals surface area contributed by atoms with E-state index in [-0.39, 0.29) is 11.8 Å². The predicted octanol–water partition coefficient (Wildman–Crippen LogP) is 3.69. The number of carboxylic acids is 1. The minimum atomic E-state index is -0.669. The van der Waals surface area contributed by atoms with Crippen molar-refractivity contribution < 1.29 is 9.90 Å². The zero-order valence-electron chi connectivity index (χ0n) is 13.1. The van der Waals surface area contributed by atoms with Crippen LogP contribution in [0.3, 0.4) is 0 Å². The van der Waals surface area contributed by atoms with Gasteiger partial charge in [-0.05, 0) is 42.1 Å². The lowest BCUT2D eigenvalue weighted by atomic mass is 9.64. The Labute approximate surface area is 127 Å². The molecule has 116 valence electrons. The van der Waals surface area contributed by atoms with Gasteiger partial charge in [-0.25, -0.2) is 0 Å². The molecule has 3 heteroatoms. The highest BCUT2D eigenvalue weighted by molar-refractivity contribution is 5.67. The molecular formula is C18H27NO2. The molecule has 0 amide bonds. The minimum absolute atomic E-state index is 0.0856. The molecule has 0 aromatic heterocycles. The molecule has 0 saturated heterocycles. The molecule has 1 fully saturated rings. The second kappa shape index (κ2) is 7.08. The summed E-state index contributed by atoms with van der Waals surface area (Å²) in [4.78, 5) is 11.3. The number of nitrogens with one attached hydrogen (secondary N) is 1. The third-order valence-electron chi connectivity index (χ3n) is 4.57. The molecule has 1 aromatic carbocycles. The zero-order valence-corrected chi connectivity index (χ0v) is 13.1. The van der Waals surface area contributed by atoms with E-state index in [0.29, 0.717) is 11.8 Å². The van der Waals surface area contributed by atoms with Crippen molar-refractivity contribution in [3.8, 4) is 0 Å². The topological polar surface area (TPSA) is 49.3 Å². The van der Waals surface area contributed by atoms with E-state index in [0.717, 1.165) is 25.9 Å². The molecule has 2 rings (SSSR count). The van der Waals surface area contributed by atoms with Crippen LogP contribution in [0.4, 0.5) is 0 Å². The first-order valence-corrected chi connectivity index (χ1v) is 7.95. The molecule has 0 radical (unpaired) electrons. The second-order valence-corrected chi connectivity index (χ2v) is 7.01. The van der Waals surface area contributed by atoms with Gasteiger partial charge in [0.05, 0.1) is 6.42 Å². The molecule has 3 nitrogen and oxygen atoms in total. The molecule has 0 bridgehead atoms. The van der Waals surface area contributed by atoms with Gasteiger partial charge in [-0.2, -0.15) is 0 Å². The Balaban J connectivity index is 1.97. The van der Waals surface area contributed by atoms with Crippen LogP contribution in [-0.2, 0) is 11.3 Å². The summed E-state index contributed by atoms with van der Waals surface area (Å²) in [5.74, 6) is 0.566. The Hall–Kier alpha value is -1.35. The third kappa shape index (κ3) is 4.85. The van der Waals surface area contributed by atoms with Crippen LogP contribution < -0.4 is 5.32 Å². The van der Waals surface area contributed by atoms with Crippen LogP contribution >= 0.6 is 0 Å². The number of hydrogen-bond donors (Lipinski definition) is 2. The van der Waals surface area contributed by atoms with Gasteiger partial charge in [0.25, 0.3) is 0 Å². The number of rotatable bonds is 6. The van der Waals surface area contributed by atoms with Gasteiger partial charge in [-0.15, -0.1) is 0 Å². The number of benzene rings is 1. The molecule has 0 heterocycles. The van der Waals surface area contributed by atoms with Crippen molar-refractivity contribution in [2.45, 2.75) is 46.1 Å². The van der Waals surface area contributed by atoms with Crippen molar-refractivity contribution in [3.05, 3.63) is 35.9 Å². The standard InChI is InChI=1S/C18H27NO2/c1-14-8-15(2)10-18(9-14,11-17(20)21)13-19-12-16-6-4-3-5-7-16/h3-7,14-15,19H,8-13H2,1-2H3,(H,20,21)/t14-,15+,18-. The van der Waals surface area contributed by atoms with Gasteiger partial charge in [0.15, 0.2) is 0 Å². The van der Waals surface area contributed by atoms with Crippen LogP contribution in [0.5, 0.6) is 0 Å². The quantitative estimate of drug-likeness (QED) is 0.839. The smallest absolute Gasteiger partial charge is 0.303 e. The Kier molecular flexibility index (Phi) is 5.40. The van der Waals surface area contributed by atoms with Crippen LogP contribution in [0.15, 0.2) is 30.3 Å². The molecule has 1 saturated carbocycles. The number of hydrogen-bond acceptors (Lipinski definition) is 2. The zero-order chi connectivity index (χ0) is 15.3. The Morgan fingerprint density at radius 3 is 2.43 bits per heavy atom. The summed E-state index contributed by atoms with van der Waals surface area (Å²) in [6.45, 7) is 6.11. The summed E-state index contributed by atoms with van der Waals surface area (Å²) >= 11 is 0. The van der Waals surface area contributed by atoms with Crippen molar-refractivity contribution in [3.63, 3.8) is 0 Å². The summed E-state index contributed by atoms with van der Waals surface area (Å²) in [6, 6.07) is 10.3. The molecule has 3 atom stereocenters. The Morgan fingerprint density at radius 1 is 1.24 bits per heavy atom. The third-order valence-corrected chi connectivity index (χ3v) is 4.57. The monoisotopic (exact) mass is 289 g/mol. The van der Waals surface area contributed by atoms with E-state index >= 15 is 0 Å². The first kappa shape index (κ1) is 16.0. The lowest BCUT2D eigenvalue weighted by Crippen LogP contribution is -2.41. The number of carbonyl (C=O) groups is 1. The van der Waals surface area contributed by atoms with Crippen LogP contribution in [0.25, 0.3) is 0 Å². The van der Waals surface area contributed by atoms with Gasteiger partial charge in [-0.3, -0.25) is 4.79 Å². The second-order valence-electron chi connectivity index (χ2n) is 7.01. The highest BCUT2D eigenvalue weighted by atomic mass is 16.4. The van der Waals surface area contributed by atoms with Gasteiger partial charge >= 0.3 is 5.97 Å². The van der Waals surface area contributed by atoms with Gasteiger partial charge in [-0.1, -0.05) is 44.2 Å². The fourth-order valence-electron chi connectivity index (χ4n) is 4.16. The van der Waals surface area contributed by atoms with Crippen LogP contribution in [0, 0.1) is 17.3 Å². The average molecular weight is 289 g/mol. The summed E-state index contributed by atoms with van der Waals surface area (Å²) < 4.78 is 0. The summed E-state index contributed by atoms with van der Waals surface area (Å²) in [6.07, 6.45) is 3.54. The van der Waals surface area contributed by atoms with Gasteiger partial charge in [0, 0.05) is 13.1 Å². The highest BCUT2D eigenvalue weighted by Gasteiger charge is 2.39. The van der Waals surface area contributed by atoms with Gasteiger partial charge in [0.2, 0.25) is 0 Å². The molecule has 2 N–H and O–H groups in total. The van der Waals surface area contributed by atoms with Gasteiger partial charge in [0.1, 0.15) is 0 Å². The molecule has 0 aliphatic heterocycles. The first-order chi connectivity index (χ1) is 9.99. The maximum Gasteiger partial charge on any atom is 0.303 e. The van der Waals surface area contributed by atoms with Crippen molar-refractivity contribution in [1.29, 1.82) is 0 Å². The largest absolute Gasteiger partial charge is 0.481 e. The molecule has 0 spiro atoms. The molecule has 1 aromatic rings. The Bertz CT molecular complexity index is 448. The van der Waals surface area contributed by atoms with Crippen molar-refractivity contribution >= 4 is 5.97 Å². The summed E-state index contributed by atoms with van der Waals surface area (Å²) in [5, 5.41) is 12.8. The maximum absolute atomic E-state index is 11.3. The predicted molar refractivity (Wildman–Crippen MR) is 85.0 cm³/mol. The summed E-state index contributed by atoms with van der Waals surface area (Å²) in [5.41, 5.74) is 1.16. The fourth-order valence-corrected chi connectivity index (χ4v) is 4.16. The fraction of sp³-hybridized carbons (Fsp3) is 0.611. The normalized spacial score (nSPS) is 29.2. The van der Waals surface area contributed by atoms with Crippen LogP contribution in [0.1, 0.15) is 45.1 Å². The minimum Gasteiger partial charge on any atom is -0.481 e. The molecule has 1 aliphatic rings. The molecular weight excluding hydrogens is 262 g/mol. The molecule has 21 heavy (non-hydrogen) atoms. The number of aliphatic carboxylic acids is 1. The van der Waals surface area contributed by atoms with Crippen molar-refractivity contribution in [2.24, 2.45) is 17.3 Å². The molecule has 0 unspecified atom stereocenters. The van der Waals surface area contributed by atoms with Crippen LogP contribution in [-0.4, -0.2) is 17.6 Å². The van der Waals surface area contributed by atoms with E-state index in [1.54, 1.807) is 0 Å². The van der Waals surface area contributed by atoms with E-state index in [9.17, 15) is 9.90 Å². The number of carboxylic acid groups (broad SMARTS) is 1. The van der Waals surface area contributed by atoms with E-state index < -0.39 is 5.97 Å². The highest BCUT2D eigenvalue weighted by Crippen LogP contribution is 2.44. The van der Waals surface area contributed by atoms with Crippen LogP contribution in [0.2, 0.25) is 0 Å². The SMILES string of the molecule is C[C@@H]1C[C@H](C)C[C@@](CNCc2ccccc2)(CC(=O)O)C1. The van der Waals surface area contributed by atoms with E-state index in [1.165, 1.54) is 12.0 Å². The molecule has 1 aliphatic carbocycles. The van der Waals surface area contributed by atoms with E-state index in [2.05, 4.69) is 31.3 Å². The van der Waals surface area contributed by atoms with Crippen molar-refractivity contribution in [2.75, 3.05) is 6.54 Å². The van der Waals surface area contributed by atoms with E-state index in [4.69, 9.17) is 0 Å². The first-order valence-electron chi connectivity index (χ1n) is 7.95. The average Bonchev–Trinajstić information content (AvgIpc) is 2.37. The van der Waals surface area contributed by atoms with Crippen molar-refractivity contribution in [1.82, 2.24) is 5.32 Å². The lowest BCUT2D eigenvalue weighted by molar-refractivity contribution is -0.140. The summed E-state index contributed by atoms with van der Waals surface area (Å²) in [7, 11) is 0. The lowest BCUT2D eigenvalue weighted by Gasteiger charge is -2.42. The Morgan fingerprint density at radius 2 is 1.86 bits per heavy atom. The maximum atomic E-state index is 11.3.